The van der Waals surface area contributed by atoms with Crippen molar-refractivity contribution in [3.05, 3.63) is 53.4 Å². The number of hydrogen-bond acceptors (Lipinski definition) is 5. The van der Waals surface area contributed by atoms with Crippen LogP contribution in [0.1, 0.15) is 28.7 Å². The lowest BCUT2D eigenvalue weighted by Crippen LogP contribution is -2.42. The summed E-state index contributed by atoms with van der Waals surface area (Å²) in [4.78, 5) is 25.2. The zero-order valence-corrected chi connectivity index (χ0v) is 12.9. The fraction of sp³-hybridized carbons (Fsp3) is 0.312. The first-order chi connectivity index (χ1) is 11.0. The van der Waals surface area contributed by atoms with E-state index in [9.17, 15) is 14.7 Å². The summed E-state index contributed by atoms with van der Waals surface area (Å²) in [7, 11) is 1.50. The monoisotopic (exact) mass is 318 g/mol. The molecular formula is C16H18N2O5. The van der Waals surface area contributed by atoms with Gasteiger partial charge in [0.05, 0.1) is 0 Å². The number of carboxylic acid groups (broad SMARTS) is 1. The van der Waals surface area contributed by atoms with E-state index < -0.39 is 17.9 Å². The first-order valence-corrected chi connectivity index (χ1v) is 7.05. The molecular weight excluding hydrogens is 300 g/mol. The molecule has 0 bridgehead atoms. The van der Waals surface area contributed by atoms with Gasteiger partial charge in [0.1, 0.15) is 12.6 Å². The van der Waals surface area contributed by atoms with Crippen LogP contribution in [0.4, 0.5) is 0 Å². The molecule has 0 aliphatic carbocycles. The number of carbonyl (C=O) groups excluding carboxylic acids is 1. The van der Waals surface area contributed by atoms with Crippen LogP contribution in [0, 0.1) is 0 Å². The Balaban J connectivity index is 2.24. The van der Waals surface area contributed by atoms with Gasteiger partial charge in [0.25, 0.3) is 5.91 Å². The van der Waals surface area contributed by atoms with Crippen LogP contribution in [0.3, 0.4) is 0 Å². The summed E-state index contributed by atoms with van der Waals surface area (Å²) in [6.45, 7) is 1.81. The average Bonchev–Trinajstić information content (AvgIpc) is 3.01. The molecule has 1 N–H and O–H groups in total. The van der Waals surface area contributed by atoms with E-state index in [4.69, 9.17) is 9.26 Å². The first kappa shape index (κ1) is 16.7. The molecule has 7 nitrogen and oxygen atoms in total. The number of ether oxygens (including phenoxy) is 1. The molecule has 1 aromatic carbocycles. The van der Waals surface area contributed by atoms with Crippen molar-refractivity contribution in [1.82, 2.24) is 10.1 Å². The zero-order chi connectivity index (χ0) is 16.8. The standard InChI is InChI=1S/C16H18N2O5/c1-11(16(20)21)18(9-12-6-4-3-5-7-12)15(19)14-8-13(10-22-2)23-17-14/h3-8,11H,9-10H2,1-2H3,(H,20,21). The van der Waals surface area contributed by atoms with Crippen LogP contribution in [-0.4, -0.2) is 40.2 Å². The van der Waals surface area contributed by atoms with Crippen LogP contribution in [-0.2, 0) is 22.7 Å². The molecule has 0 radical (unpaired) electrons. The van der Waals surface area contributed by atoms with E-state index in [2.05, 4.69) is 5.16 Å². The highest BCUT2D eigenvalue weighted by Gasteiger charge is 2.28. The van der Waals surface area contributed by atoms with Crippen LogP contribution in [0.5, 0.6) is 0 Å². The van der Waals surface area contributed by atoms with Gasteiger partial charge < -0.3 is 19.3 Å². The van der Waals surface area contributed by atoms with Gasteiger partial charge in [-0.25, -0.2) is 4.79 Å². The van der Waals surface area contributed by atoms with Crippen molar-refractivity contribution < 1.29 is 24.0 Å². The molecule has 23 heavy (non-hydrogen) atoms. The Morgan fingerprint density at radius 1 is 1.35 bits per heavy atom. The molecule has 0 spiro atoms. The molecule has 2 aromatic rings. The Labute approximate surface area is 133 Å². The minimum Gasteiger partial charge on any atom is -0.480 e. The third kappa shape index (κ3) is 4.17. The van der Waals surface area contributed by atoms with Crippen LogP contribution >= 0.6 is 0 Å². The van der Waals surface area contributed by atoms with Crippen molar-refractivity contribution in [3.8, 4) is 0 Å². The second kappa shape index (κ2) is 7.55. The predicted molar refractivity (Wildman–Crippen MR) is 80.6 cm³/mol. The number of nitrogens with zero attached hydrogens (tertiary/aromatic N) is 2. The quantitative estimate of drug-likeness (QED) is 0.838. The minimum absolute atomic E-state index is 0.0566. The van der Waals surface area contributed by atoms with Crippen LogP contribution < -0.4 is 0 Å². The van der Waals surface area contributed by atoms with Gasteiger partial charge >= 0.3 is 5.97 Å². The number of amides is 1. The molecule has 1 heterocycles. The fourth-order valence-electron chi connectivity index (χ4n) is 2.07. The molecule has 1 aromatic heterocycles. The Morgan fingerprint density at radius 2 is 2.04 bits per heavy atom. The van der Waals surface area contributed by atoms with Gasteiger partial charge in [-0.05, 0) is 12.5 Å². The highest BCUT2D eigenvalue weighted by Crippen LogP contribution is 2.14. The maximum atomic E-state index is 12.6. The van der Waals surface area contributed by atoms with E-state index in [-0.39, 0.29) is 18.8 Å². The number of rotatable bonds is 7. The maximum Gasteiger partial charge on any atom is 0.326 e. The number of methoxy groups -OCH3 is 1. The second-order valence-electron chi connectivity index (χ2n) is 5.04. The summed E-state index contributed by atoms with van der Waals surface area (Å²) in [5.41, 5.74) is 0.885. The molecule has 1 atom stereocenters. The number of aliphatic carboxylic acids is 1. The summed E-state index contributed by atoms with van der Waals surface area (Å²) < 4.78 is 9.91. The van der Waals surface area contributed by atoms with Crippen LogP contribution in [0.25, 0.3) is 0 Å². The van der Waals surface area contributed by atoms with Gasteiger partial charge in [0, 0.05) is 19.7 Å². The van der Waals surface area contributed by atoms with E-state index in [1.807, 2.05) is 30.3 Å². The minimum atomic E-state index is -1.09. The molecule has 0 fully saturated rings. The lowest BCUT2D eigenvalue weighted by Gasteiger charge is -2.25. The van der Waals surface area contributed by atoms with Gasteiger partial charge in [-0.15, -0.1) is 0 Å². The normalized spacial score (nSPS) is 11.9. The predicted octanol–water partition coefficient (Wildman–Crippen LogP) is 1.94. The number of hydrogen-bond donors (Lipinski definition) is 1. The van der Waals surface area contributed by atoms with Gasteiger partial charge in [0.15, 0.2) is 11.5 Å². The van der Waals surface area contributed by atoms with Crippen LogP contribution in [0.15, 0.2) is 40.9 Å². The molecule has 0 aliphatic rings. The summed E-state index contributed by atoms with van der Waals surface area (Å²) in [6, 6.07) is 9.63. The van der Waals surface area contributed by atoms with Crippen molar-refractivity contribution in [2.75, 3.05) is 7.11 Å². The molecule has 1 unspecified atom stereocenters. The molecule has 1 amide bonds. The van der Waals surface area contributed by atoms with Gasteiger partial charge in [-0.3, -0.25) is 4.79 Å². The second-order valence-corrected chi connectivity index (χ2v) is 5.04. The highest BCUT2D eigenvalue weighted by atomic mass is 16.5. The summed E-state index contributed by atoms with van der Waals surface area (Å²) in [5, 5.41) is 13.0. The summed E-state index contributed by atoms with van der Waals surface area (Å²) in [5.74, 6) is -1.19. The van der Waals surface area contributed by atoms with Gasteiger partial charge in [0.2, 0.25) is 0 Å². The molecule has 0 saturated heterocycles. The van der Waals surface area contributed by atoms with Crippen LogP contribution in [0.2, 0.25) is 0 Å². The summed E-state index contributed by atoms with van der Waals surface area (Å²) >= 11 is 0. The number of benzene rings is 1. The van der Waals surface area contributed by atoms with E-state index >= 15 is 0 Å². The topological polar surface area (TPSA) is 92.9 Å². The first-order valence-electron chi connectivity index (χ1n) is 7.05. The molecule has 2 rings (SSSR count). The third-order valence-electron chi connectivity index (χ3n) is 3.35. The van der Waals surface area contributed by atoms with E-state index in [0.717, 1.165) is 5.56 Å². The molecule has 7 heteroatoms. The highest BCUT2D eigenvalue weighted by molar-refractivity contribution is 5.94. The average molecular weight is 318 g/mol. The Bertz CT molecular complexity index is 668. The smallest absolute Gasteiger partial charge is 0.326 e. The SMILES string of the molecule is COCc1cc(C(=O)N(Cc2ccccc2)C(C)C(=O)O)no1. The van der Waals surface area contributed by atoms with Crippen molar-refractivity contribution in [3.63, 3.8) is 0 Å². The van der Waals surface area contributed by atoms with Crippen molar-refractivity contribution in [1.29, 1.82) is 0 Å². The Morgan fingerprint density at radius 3 is 2.65 bits per heavy atom. The zero-order valence-electron chi connectivity index (χ0n) is 12.9. The van der Waals surface area contributed by atoms with Gasteiger partial charge in [-0.1, -0.05) is 35.5 Å². The van der Waals surface area contributed by atoms with Gasteiger partial charge in [-0.2, -0.15) is 0 Å². The van der Waals surface area contributed by atoms with E-state index in [1.165, 1.54) is 25.0 Å². The lowest BCUT2D eigenvalue weighted by atomic mass is 10.1. The molecule has 122 valence electrons. The maximum absolute atomic E-state index is 12.6. The van der Waals surface area contributed by atoms with E-state index in [0.29, 0.717) is 5.76 Å². The Hall–Kier alpha value is -2.67. The Kier molecular flexibility index (Phi) is 5.48. The fourth-order valence-corrected chi connectivity index (χ4v) is 2.07. The van der Waals surface area contributed by atoms with Crippen molar-refractivity contribution >= 4 is 11.9 Å². The molecule has 0 aliphatic heterocycles. The van der Waals surface area contributed by atoms with Crippen molar-refractivity contribution in [2.45, 2.75) is 26.1 Å². The van der Waals surface area contributed by atoms with Crippen molar-refractivity contribution in [2.24, 2.45) is 0 Å². The number of carboxylic acids is 1. The number of carbonyl (C=O) groups is 2. The third-order valence-corrected chi connectivity index (χ3v) is 3.35. The largest absolute Gasteiger partial charge is 0.480 e. The lowest BCUT2D eigenvalue weighted by molar-refractivity contribution is -0.141. The molecule has 0 saturated carbocycles. The number of aromatic nitrogens is 1. The van der Waals surface area contributed by atoms with E-state index in [1.54, 1.807) is 0 Å². The summed E-state index contributed by atoms with van der Waals surface area (Å²) in [6.07, 6.45) is 0.